The third kappa shape index (κ3) is 7.18. The first kappa shape index (κ1) is 33.3. The molecule has 1 aromatic heterocycles. The summed E-state index contributed by atoms with van der Waals surface area (Å²) in [4.78, 5) is 39.4. The molecule has 4 aliphatic rings. The Hall–Kier alpha value is -3.09. The minimum absolute atomic E-state index is 0.0197. The van der Waals surface area contributed by atoms with Crippen molar-refractivity contribution in [3.63, 3.8) is 0 Å². The molecule has 7 N–H and O–H groups in total. The van der Waals surface area contributed by atoms with Crippen LogP contribution in [0.1, 0.15) is 75.4 Å². The fourth-order valence-electron chi connectivity index (χ4n) is 6.98. The molecular formula is C33H45N4O6S2+. The number of allylic oxidation sites excluding steroid dienone is 2. The van der Waals surface area contributed by atoms with E-state index in [-0.39, 0.29) is 42.7 Å². The number of amides is 1. The van der Waals surface area contributed by atoms with Crippen molar-refractivity contribution in [3.8, 4) is 0 Å². The predicted molar refractivity (Wildman–Crippen MR) is 181 cm³/mol. The molecule has 2 unspecified atom stereocenters. The number of aliphatic hydroxyl groups excluding tert-OH is 1. The molecule has 0 spiro atoms. The maximum Gasteiger partial charge on any atom is 0.303 e. The van der Waals surface area contributed by atoms with E-state index in [2.05, 4.69) is 33.6 Å². The molecule has 6 atom stereocenters. The number of thiol groups is 2. The maximum absolute atomic E-state index is 12.7. The minimum atomic E-state index is -0.888. The molecule has 0 aliphatic carbocycles. The maximum atomic E-state index is 12.7. The van der Waals surface area contributed by atoms with Gasteiger partial charge in [-0.15, -0.1) is 0 Å². The molecule has 244 valence electrons. The highest BCUT2D eigenvalue weighted by Crippen LogP contribution is 2.37. The quantitative estimate of drug-likeness (QED) is 0.0912. The van der Waals surface area contributed by atoms with Gasteiger partial charge >= 0.3 is 11.9 Å². The van der Waals surface area contributed by atoms with E-state index in [4.69, 9.17) is 0 Å². The van der Waals surface area contributed by atoms with Crippen LogP contribution in [-0.4, -0.2) is 73.2 Å². The van der Waals surface area contributed by atoms with Gasteiger partial charge in [-0.25, -0.2) is 0 Å². The second-order valence-corrected chi connectivity index (χ2v) is 14.5. The Labute approximate surface area is 273 Å². The topological polar surface area (TPSA) is 164 Å². The first-order valence-corrected chi connectivity index (χ1v) is 17.5. The first-order chi connectivity index (χ1) is 21.4. The monoisotopic (exact) mass is 657 g/mol. The summed E-state index contributed by atoms with van der Waals surface area (Å²) in [6, 6.07) is -0.182. The molecule has 0 aromatic carbocycles. The lowest BCUT2D eigenvalue weighted by molar-refractivity contribution is -0.138. The van der Waals surface area contributed by atoms with Crippen LogP contribution < -0.4 is 16.0 Å². The van der Waals surface area contributed by atoms with E-state index >= 15 is 0 Å². The molecule has 0 bridgehead atoms. The van der Waals surface area contributed by atoms with Crippen molar-refractivity contribution in [1.29, 1.82) is 0 Å². The highest BCUT2D eigenvalue weighted by Gasteiger charge is 2.47. The fraction of sp³-hybridized carbons (Fsp3) is 0.545. The minimum Gasteiger partial charge on any atom is -0.481 e. The molecule has 2 saturated heterocycles. The van der Waals surface area contributed by atoms with Crippen LogP contribution in [0.3, 0.4) is 0 Å². The smallest absolute Gasteiger partial charge is 0.303 e. The van der Waals surface area contributed by atoms with E-state index in [1.807, 2.05) is 39.8 Å². The number of aliphatic hydroxyl groups is 1. The summed E-state index contributed by atoms with van der Waals surface area (Å²) in [5, 5.41) is 39.9. The molecule has 4 aliphatic heterocycles. The van der Waals surface area contributed by atoms with Crippen LogP contribution in [0.2, 0.25) is 0 Å². The van der Waals surface area contributed by atoms with Crippen LogP contribution in [0.5, 0.6) is 0 Å². The van der Waals surface area contributed by atoms with Crippen LogP contribution >= 0.6 is 12.6 Å². The third-order valence-electron chi connectivity index (χ3n) is 9.83. The summed E-state index contributed by atoms with van der Waals surface area (Å²) < 4.78 is 0. The number of nitrogens with one attached hydrogen (secondary N) is 4. The molecule has 1 amide bonds. The predicted octanol–water partition coefficient (Wildman–Crippen LogP) is 3.07. The van der Waals surface area contributed by atoms with Crippen molar-refractivity contribution in [2.24, 2.45) is 11.8 Å². The van der Waals surface area contributed by atoms with E-state index in [1.54, 1.807) is 0 Å². The number of carbonyl (C=O) groups excluding carboxylic acids is 1. The summed E-state index contributed by atoms with van der Waals surface area (Å²) in [6.07, 6.45) is 5.40. The van der Waals surface area contributed by atoms with E-state index in [0.29, 0.717) is 30.3 Å². The van der Waals surface area contributed by atoms with Gasteiger partial charge in [-0.1, -0.05) is 6.92 Å². The molecule has 0 radical (unpaired) electrons. The molecule has 10 nitrogen and oxygen atoms in total. The van der Waals surface area contributed by atoms with Gasteiger partial charge < -0.3 is 36.3 Å². The van der Waals surface area contributed by atoms with Gasteiger partial charge in [-0.2, -0.15) is 12.6 Å². The number of hydrogen-bond donors (Lipinski definition) is 8. The largest absolute Gasteiger partial charge is 0.481 e. The number of carbonyl (C=O) groups is 3. The summed E-state index contributed by atoms with van der Waals surface area (Å²) in [5.74, 6) is 0.116. The molecule has 5 heterocycles. The summed E-state index contributed by atoms with van der Waals surface area (Å²) in [6.45, 7) is 8.04. The molecule has 1 aromatic rings. The van der Waals surface area contributed by atoms with Gasteiger partial charge in [0.1, 0.15) is 6.23 Å². The van der Waals surface area contributed by atoms with Crippen LogP contribution in [0.25, 0.3) is 12.2 Å². The average molecular weight is 658 g/mol. The highest BCUT2D eigenvalue weighted by molar-refractivity contribution is 7.87. The van der Waals surface area contributed by atoms with E-state index in [0.717, 1.165) is 68.4 Å². The highest BCUT2D eigenvalue weighted by atomic mass is 32.2. The van der Waals surface area contributed by atoms with Gasteiger partial charge in [-0.3, -0.25) is 14.4 Å². The average Bonchev–Trinajstić information content (AvgIpc) is 3.56. The number of carboxylic acids is 2. The number of carboxylic acid groups (broad SMARTS) is 2. The first-order valence-electron chi connectivity index (χ1n) is 15.7. The van der Waals surface area contributed by atoms with Gasteiger partial charge in [-0.05, 0) is 104 Å². The fourth-order valence-corrected chi connectivity index (χ4v) is 8.05. The standard InChI is InChI=1S/C33H44N4O6S2/c1-15-19(5-7-29(38)39)25(34-22(15)11-24-18(4)31(28-14-45-28)33(43)36-24)13-26-20(6-8-30(40)41)16(2)23(35-26)12-27-21(9-10-44)17(3)32(42)37-27/h12-13,17,21-22,24,28,32,34-35,37,42,44H,5-11,14H2,1-4H3,(H,36,43)(H,38,39)(H,40,41)/p+1/b25-13-,27-12-/t17-,21-,22?,24-,28-,32?/m1/s1. The van der Waals surface area contributed by atoms with Crippen molar-refractivity contribution in [2.75, 3.05) is 11.5 Å². The lowest BCUT2D eigenvalue weighted by Crippen LogP contribution is -2.36. The Morgan fingerprint density at radius 1 is 0.978 bits per heavy atom. The van der Waals surface area contributed by atoms with Crippen molar-refractivity contribution in [1.82, 2.24) is 20.9 Å². The Bertz CT molecular complexity index is 1500. The summed E-state index contributed by atoms with van der Waals surface area (Å²) in [5.41, 5.74) is 9.12. The molecule has 0 saturated carbocycles. The number of hydrogen-bond acceptors (Lipinski definition) is 7. The van der Waals surface area contributed by atoms with Crippen molar-refractivity contribution in [3.05, 3.63) is 56.2 Å². The number of aliphatic carboxylic acids is 2. The van der Waals surface area contributed by atoms with Gasteiger partial charge in [0.2, 0.25) is 0 Å². The summed E-state index contributed by atoms with van der Waals surface area (Å²) in [7, 11) is 0. The Balaban J connectivity index is 1.49. The molecule has 45 heavy (non-hydrogen) atoms. The van der Waals surface area contributed by atoms with Gasteiger partial charge in [0.05, 0.1) is 11.6 Å². The Morgan fingerprint density at radius 3 is 2.29 bits per heavy atom. The van der Waals surface area contributed by atoms with Crippen molar-refractivity contribution in [2.45, 2.75) is 89.8 Å². The second-order valence-electron chi connectivity index (χ2n) is 12.7. The van der Waals surface area contributed by atoms with E-state index in [1.165, 1.54) is 11.8 Å². The molecule has 12 heteroatoms. The number of aromatic amines is 1. The Kier molecular flexibility index (Phi) is 10.1. The normalized spacial score (nSPS) is 29.5. The zero-order valence-electron chi connectivity index (χ0n) is 26.2. The van der Waals surface area contributed by atoms with Crippen molar-refractivity contribution < 1.29 is 29.7 Å². The van der Waals surface area contributed by atoms with Crippen molar-refractivity contribution >= 4 is 54.4 Å². The lowest BCUT2D eigenvalue weighted by Gasteiger charge is -2.20. The Morgan fingerprint density at radius 2 is 1.64 bits per heavy atom. The van der Waals surface area contributed by atoms with Crippen LogP contribution in [0, 0.1) is 18.8 Å². The molecular weight excluding hydrogens is 613 g/mol. The number of aromatic nitrogens is 1. The van der Waals surface area contributed by atoms with Gasteiger partial charge in [0.15, 0.2) is 11.0 Å². The van der Waals surface area contributed by atoms with Gasteiger partial charge in [0.25, 0.3) is 5.91 Å². The summed E-state index contributed by atoms with van der Waals surface area (Å²) >= 11 is 5.72. The second kappa shape index (κ2) is 13.7. The zero-order valence-corrected chi connectivity index (χ0v) is 28.0. The van der Waals surface area contributed by atoms with Crippen LogP contribution in [-0.2, 0) is 32.6 Å². The lowest BCUT2D eigenvalue weighted by atomic mass is 9.91. The zero-order chi connectivity index (χ0) is 32.6. The van der Waals surface area contributed by atoms with Crippen LogP contribution in [0.15, 0.2) is 33.7 Å². The van der Waals surface area contributed by atoms with E-state index < -0.39 is 18.2 Å². The molecule has 2 fully saturated rings. The van der Waals surface area contributed by atoms with E-state index in [9.17, 15) is 29.7 Å². The number of H-pyrrole nitrogens is 1. The number of rotatable bonds is 13. The third-order valence-corrected chi connectivity index (χ3v) is 11.1. The van der Waals surface area contributed by atoms with Gasteiger partial charge in [0, 0.05) is 53.5 Å². The molecule has 5 rings (SSSR count). The van der Waals surface area contributed by atoms with Crippen LogP contribution in [0.4, 0.5) is 0 Å². The SMILES string of the molecule is CC1=C(CCC(=O)O)/C(=C/c2[nH]c(/C=C3\NC(O)[C@H](C)[C@H]3CCS)c(C)c2CCC(=O)O)NC1C[C@H]1NC(=O)C([C@H]2C[SH+]2)=C1C.